The third kappa shape index (κ3) is 4.20. The number of thioether (sulfide) groups is 1. The second kappa shape index (κ2) is 7.26. The van der Waals surface area contributed by atoms with Crippen LogP contribution in [-0.2, 0) is 4.79 Å². The first-order chi connectivity index (χ1) is 9.99. The second-order valence-corrected chi connectivity index (χ2v) is 7.44. The molecular formula is C14H22N4OS2. The number of nitrogens with one attached hydrogen (secondary N) is 1. The largest absolute Gasteiger partial charge is 0.358 e. The fourth-order valence-electron chi connectivity index (χ4n) is 2.23. The van der Waals surface area contributed by atoms with E-state index in [1.165, 1.54) is 24.6 Å². The number of aromatic nitrogens is 2. The summed E-state index contributed by atoms with van der Waals surface area (Å²) in [6.45, 7) is 7.98. The van der Waals surface area contributed by atoms with Crippen molar-refractivity contribution in [2.45, 2.75) is 44.9 Å². The third-order valence-corrected chi connectivity index (χ3v) is 5.00. The molecule has 2 rings (SSSR count). The average Bonchev–Trinajstić information content (AvgIpc) is 3.09. The third-order valence-electron chi connectivity index (χ3n) is 3.42. The lowest BCUT2D eigenvalue weighted by molar-refractivity contribution is -0.115. The Morgan fingerprint density at radius 2 is 2.05 bits per heavy atom. The molecule has 0 aromatic carbocycles. The summed E-state index contributed by atoms with van der Waals surface area (Å²) >= 11 is 6.87. The van der Waals surface area contributed by atoms with E-state index in [1.54, 1.807) is 10.9 Å². The van der Waals surface area contributed by atoms with Gasteiger partial charge < -0.3 is 10.2 Å². The number of anilines is 1. The molecule has 116 valence electrons. The van der Waals surface area contributed by atoms with Gasteiger partial charge in [-0.2, -0.15) is 5.10 Å². The molecule has 0 radical (unpaired) electrons. The Morgan fingerprint density at radius 3 is 2.67 bits per heavy atom. The van der Waals surface area contributed by atoms with E-state index in [4.69, 9.17) is 12.2 Å². The molecule has 1 aromatic rings. The molecule has 5 nitrogen and oxygen atoms in total. The van der Waals surface area contributed by atoms with Gasteiger partial charge >= 0.3 is 0 Å². The Hall–Kier alpha value is -1.08. The monoisotopic (exact) mass is 326 g/mol. The fourth-order valence-corrected chi connectivity index (χ4v) is 3.65. The number of hydrogen-bond acceptors (Lipinski definition) is 4. The average molecular weight is 326 g/mol. The normalized spacial score (nSPS) is 16.3. The zero-order chi connectivity index (χ0) is 15.4. The van der Waals surface area contributed by atoms with Crippen LogP contribution in [0.2, 0.25) is 0 Å². The van der Waals surface area contributed by atoms with Gasteiger partial charge in [-0.05, 0) is 33.6 Å². The molecular weight excluding hydrogens is 304 g/mol. The highest BCUT2D eigenvalue weighted by molar-refractivity contribution is 8.23. The van der Waals surface area contributed by atoms with Crippen LogP contribution in [0.5, 0.6) is 0 Å². The smallest absolute Gasteiger partial charge is 0.238 e. The number of thiocarbonyl (C=S) groups is 1. The lowest BCUT2D eigenvalue weighted by Crippen LogP contribution is -2.30. The summed E-state index contributed by atoms with van der Waals surface area (Å²) < 4.78 is 2.63. The van der Waals surface area contributed by atoms with Crippen molar-refractivity contribution < 1.29 is 4.79 Å². The predicted molar refractivity (Wildman–Crippen MR) is 91.7 cm³/mol. The van der Waals surface area contributed by atoms with Crippen LogP contribution < -0.4 is 5.32 Å². The van der Waals surface area contributed by atoms with Crippen LogP contribution in [0.1, 0.15) is 39.7 Å². The van der Waals surface area contributed by atoms with Crippen LogP contribution >= 0.6 is 24.0 Å². The number of likely N-dealkylation sites (tertiary alicyclic amines) is 1. The lowest BCUT2D eigenvalue weighted by atomic mass is 10.4. The highest BCUT2D eigenvalue weighted by Gasteiger charge is 2.22. The van der Waals surface area contributed by atoms with E-state index in [9.17, 15) is 4.79 Å². The van der Waals surface area contributed by atoms with Gasteiger partial charge in [0.25, 0.3) is 0 Å². The van der Waals surface area contributed by atoms with Gasteiger partial charge in [-0.1, -0.05) is 24.0 Å². The molecule has 1 amide bonds. The van der Waals surface area contributed by atoms with Crippen molar-refractivity contribution in [2.24, 2.45) is 0 Å². The molecule has 7 heteroatoms. The summed E-state index contributed by atoms with van der Waals surface area (Å²) in [6.07, 6.45) is 4.08. The van der Waals surface area contributed by atoms with Gasteiger partial charge in [0.1, 0.15) is 10.1 Å². The first kappa shape index (κ1) is 16.3. The Morgan fingerprint density at radius 1 is 1.38 bits per heavy atom. The molecule has 1 N–H and O–H groups in total. The maximum Gasteiger partial charge on any atom is 0.238 e. The minimum atomic E-state index is -0.214. The number of hydrogen-bond donors (Lipinski definition) is 1. The van der Waals surface area contributed by atoms with E-state index < -0.39 is 0 Å². The topological polar surface area (TPSA) is 50.2 Å². The predicted octanol–water partition coefficient (Wildman–Crippen LogP) is 2.90. The standard InChI is InChI=1S/C14H22N4OS2/c1-10(2)18-12(6-7-15-18)16-13(19)11(3)21-14(20)17-8-4-5-9-17/h6-7,10-11H,4-5,8-9H2,1-3H3,(H,16,19). The van der Waals surface area contributed by atoms with Crippen LogP contribution in [0.4, 0.5) is 5.82 Å². The summed E-state index contributed by atoms with van der Waals surface area (Å²) in [4.78, 5) is 14.5. The summed E-state index contributed by atoms with van der Waals surface area (Å²) in [5.74, 6) is 0.693. The van der Waals surface area contributed by atoms with E-state index in [0.29, 0.717) is 0 Å². The van der Waals surface area contributed by atoms with E-state index >= 15 is 0 Å². The molecule has 2 heterocycles. The highest BCUT2D eigenvalue weighted by Crippen LogP contribution is 2.22. The molecule has 0 bridgehead atoms. The van der Waals surface area contributed by atoms with Crippen molar-refractivity contribution in [1.29, 1.82) is 0 Å². The molecule has 21 heavy (non-hydrogen) atoms. The number of carbonyl (C=O) groups excluding carboxylic acids is 1. The van der Waals surface area contributed by atoms with Gasteiger partial charge in [0.2, 0.25) is 5.91 Å². The molecule has 0 aliphatic carbocycles. The minimum absolute atomic E-state index is 0.0380. The maximum atomic E-state index is 12.3. The van der Waals surface area contributed by atoms with Crippen molar-refractivity contribution in [2.75, 3.05) is 18.4 Å². The first-order valence-electron chi connectivity index (χ1n) is 7.29. The number of carbonyl (C=O) groups is 1. The van der Waals surface area contributed by atoms with Crippen LogP contribution in [0.3, 0.4) is 0 Å². The number of amides is 1. The van der Waals surface area contributed by atoms with Crippen LogP contribution in [0.25, 0.3) is 0 Å². The molecule has 1 saturated heterocycles. The maximum absolute atomic E-state index is 12.3. The summed E-state index contributed by atoms with van der Waals surface area (Å²) in [7, 11) is 0. The SMILES string of the molecule is CC(SC(=S)N1CCCC1)C(=O)Nc1ccnn1C(C)C. The highest BCUT2D eigenvalue weighted by atomic mass is 32.2. The van der Waals surface area contributed by atoms with Crippen molar-refractivity contribution in [3.63, 3.8) is 0 Å². The molecule has 1 aliphatic heterocycles. The van der Waals surface area contributed by atoms with Crippen molar-refractivity contribution in [3.05, 3.63) is 12.3 Å². The van der Waals surface area contributed by atoms with Crippen molar-refractivity contribution in [3.8, 4) is 0 Å². The minimum Gasteiger partial charge on any atom is -0.358 e. The van der Waals surface area contributed by atoms with Crippen molar-refractivity contribution >= 4 is 40.0 Å². The Bertz CT molecular complexity index is 509. The van der Waals surface area contributed by atoms with Crippen molar-refractivity contribution in [1.82, 2.24) is 14.7 Å². The Balaban J connectivity index is 1.90. The molecule has 1 aliphatic rings. The molecule has 1 atom stereocenters. The molecule has 1 unspecified atom stereocenters. The van der Waals surface area contributed by atoms with Gasteiger partial charge in [-0.15, -0.1) is 0 Å². The lowest BCUT2D eigenvalue weighted by Gasteiger charge is -2.20. The van der Waals surface area contributed by atoms with E-state index in [2.05, 4.69) is 15.3 Å². The fraction of sp³-hybridized carbons (Fsp3) is 0.643. The Labute approximate surface area is 135 Å². The zero-order valence-electron chi connectivity index (χ0n) is 12.7. The van der Waals surface area contributed by atoms with E-state index in [1.807, 2.05) is 26.8 Å². The number of nitrogens with zero attached hydrogens (tertiary/aromatic N) is 3. The first-order valence-corrected chi connectivity index (χ1v) is 8.57. The molecule has 0 saturated carbocycles. The summed E-state index contributed by atoms with van der Waals surface area (Å²) in [5.41, 5.74) is 0. The van der Waals surface area contributed by atoms with Gasteiger partial charge in [0, 0.05) is 25.2 Å². The van der Waals surface area contributed by atoms with Gasteiger partial charge in [-0.3, -0.25) is 4.79 Å². The molecule has 0 spiro atoms. The summed E-state index contributed by atoms with van der Waals surface area (Å²) in [6, 6.07) is 2.03. The summed E-state index contributed by atoms with van der Waals surface area (Å²) in [5, 5.41) is 6.93. The van der Waals surface area contributed by atoms with Crippen LogP contribution in [-0.4, -0.2) is 43.2 Å². The molecule has 1 fully saturated rings. The van der Waals surface area contributed by atoms with Gasteiger partial charge in [-0.25, -0.2) is 4.68 Å². The quantitative estimate of drug-likeness (QED) is 0.862. The van der Waals surface area contributed by atoms with E-state index in [-0.39, 0.29) is 17.2 Å². The van der Waals surface area contributed by atoms with E-state index in [0.717, 1.165) is 23.2 Å². The molecule has 1 aromatic heterocycles. The number of rotatable bonds is 4. The van der Waals surface area contributed by atoms with Gasteiger partial charge in [0.05, 0.1) is 11.4 Å². The van der Waals surface area contributed by atoms with Crippen LogP contribution in [0.15, 0.2) is 12.3 Å². The van der Waals surface area contributed by atoms with Gasteiger partial charge in [0.15, 0.2) is 0 Å². The zero-order valence-corrected chi connectivity index (χ0v) is 14.3. The van der Waals surface area contributed by atoms with Crippen LogP contribution in [0, 0.1) is 0 Å². The second-order valence-electron chi connectivity index (χ2n) is 5.46. The Kier molecular flexibility index (Phi) is 5.64.